The van der Waals surface area contributed by atoms with Gasteiger partial charge in [-0.25, -0.2) is 4.79 Å². The number of carboxylic acids is 1. The standard InChI is InChI=1S/C11H10ClNO2S/c1-13-8-5-7(12)10(16-2)4-6(8)3-9(13)11(14)15/h3-5H,1-2H3,(H,14,15). The second-order valence-electron chi connectivity index (χ2n) is 3.44. The van der Waals surface area contributed by atoms with Crippen LogP contribution in [0.15, 0.2) is 23.1 Å². The molecule has 2 rings (SSSR count). The van der Waals surface area contributed by atoms with E-state index in [0.29, 0.717) is 5.02 Å². The SMILES string of the molecule is CSc1cc2cc(C(=O)O)n(C)c2cc1Cl. The van der Waals surface area contributed by atoms with Crippen LogP contribution in [0.1, 0.15) is 10.5 Å². The van der Waals surface area contributed by atoms with Crippen molar-refractivity contribution in [2.24, 2.45) is 7.05 Å². The van der Waals surface area contributed by atoms with Gasteiger partial charge in [-0.2, -0.15) is 0 Å². The lowest BCUT2D eigenvalue weighted by atomic mass is 10.2. The van der Waals surface area contributed by atoms with Crippen molar-refractivity contribution in [1.82, 2.24) is 4.57 Å². The largest absolute Gasteiger partial charge is 0.477 e. The summed E-state index contributed by atoms with van der Waals surface area (Å²) in [7, 11) is 1.72. The van der Waals surface area contributed by atoms with Crippen LogP contribution in [0.25, 0.3) is 10.9 Å². The van der Waals surface area contributed by atoms with E-state index in [-0.39, 0.29) is 5.69 Å². The molecule has 0 saturated carbocycles. The Morgan fingerprint density at radius 2 is 2.12 bits per heavy atom. The van der Waals surface area contributed by atoms with Crippen molar-refractivity contribution in [3.05, 3.63) is 28.9 Å². The van der Waals surface area contributed by atoms with Gasteiger partial charge in [0.15, 0.2) is 0 Å². The van der Waals surface area contributed by atoms with Crippen LogP contribution < -0.4 is 0 Å². The molecule has 84 valence electrons. The van der Waals surface area contributed by atoms with E-state index in [1.807, 2.05) is 12.3 Å². The van der Waals surface area contributed by atoms with Gasteiger partial charge in [-0.3, -0.25) is 0 Å². The average Bonchev–Trinajstić information content (AvgIpc) is 2.55. The molecule has 0 bridgehead atoms. The highest BCUT2D eigenvalue weighted by Crippen LogP contribution is 2.31. The molecule has 3 nitrogen and oxygen atoms in total. The number of aromatic carboxylic acids is 1. The lowest BCUT2D eigenvalue weighted by Crippen LogP contribution is -2.03. The number of carboxylic acid groups (broad SMARTS) is 1. The van der Waals surface area contributed by atoms with Gasteiger partial charge in [-0.1, -0.05) is 11.6 Å². The molecule has 0 radical (unpaired) electrons. The number of rotatable bonds is 2. The number of nitrogens with zero attached hydrogens (tertiary/aromatic N) is 1. The van der Waals surface area contributed by atoms with Crippen molar-refractivity contribution >= 4 is 40.2 Å². The molecule has 1 aromatic carbocycles. The topological polar surface area (TPSA) is 42.2 Å². The number of hydrogen-bond acceptors (Lipinski definition) is 2. The van der Waals surface area contributed by atoms with Gasteiger partial charge in [-0.05, 0) is 24.5 Å². The highest BCUT2D eigenvalue weighted by molar-refractivity contribution is 7.98. The summed E-state index contributed by atoms with van der Waals surface area (Å²) in [6.45, 7) is 0. The number of carbonyl (C=O) groups is 1. The van der Waals surface area contributed by atoms with Crippen molar-refractivity contribution in [2.75, 3.05) is 6.26 Å². The summed E-state index contributed by atoms with van der Waals surface area (Å²) < 4.78 is 1.63. The molecular formula is C11H10ClNO2S. The smallest absolute Gasteiger partial charge is 0.352 e. The molecule has 16 heavy (non-hydrogen) atoms. The Bertz CT molecular complexity index is 577. The highest BCUT2D eigenvalue weighted by atomic mass is 35.5. The van der Waals surface area contributed by atoms with Crippen LogP contribution in [0.5, 0.6) is 0 Å². The van der Waals surface area contributed by atoms with E-state index in [1.54, 1.807) is 35.5 Å². The van der Waals surface area contributed by atoms with Gasteiger partial charge in [0, 0.05) is 22.8 Å². The maximum Gasteiger partial charge on any atom is 0.352 e. The van der Waals surface area contributed by atoms with Crippen LogP contribution in [0.4, 0.5) is 0 Å². The fourth-order valence-corrected chi connectivity index (χ4v) is 2.59. The summed E-state index contributed by atoms with van der Waals surface area (Å²) in [5.74, 6) is -0.930. The third kappa shape index (κ3) is 1.68. The van der Waals surface area contributed by atoms with Crippen LogP contribution in [-0.4, -0.2) is 21.9 Å². The first-order valence-electron chi connectivity index (χ1n) is 4.61. The molecule has 0 saturated heterocycles. The van der Waals surface area contributed by atoms with E-state index in [0.717, 1.165) is 15.8 Å². The minimum Gasteiger partial charge on any atom is -0.477 e. The maximum atomic E-state index is 11.0. The number of thioether (sulfide) groups is 1. The molecule has 0 spiro atoms. The third-order valence-electron chi connectivity index (χ3n) is 2.54. The fourth-order valence-electron chi connectivity index (χ4n) is 1.70. The molecule has 0 aliphatic heterocycles. The van der Waals surface area contributed by atoms with E-state index in [2.05, 4.69) is 0 Å². The second-order valence-corrected chi connectivity index (χ2v) is 4.69. The van der Waals surface area contributed by atoms with Crippen LogP contribution in [0.2, 0.25) is 5.02 Å². The Balaban J connectivity index is 2.77. The molecule has 5 heteroatoms. The Labute approximate surface area is 102 Å². The van der Waals surface area contributed by atoms with E-state index >= 15 is 0 Å². The molecule has 1 heterocycles. The summed E-state index contributed by atoms with van der Waals surface area (Å²) >= 11 is 7.63. The minimum absolute atomic E-state index is 0.268. The number of hydrogen-bond donors (Lipinski definition) is 1. The summed E-state index contributed by atoms with van der Waals surface area (Å²) in [4.78, 5) is 11.9. The van der Waals surface area contributed by atoms with Crippen LogP contribution in [0, 0.1) is 0 Å². The summed E-state index contributed by atoms with van der Waals surface area (Å²) in [5, 5.41) is 10.6. The molecule has 1 N–H and O–H groups in total. The average molecular weight is 256 g/mol. The molecule has 0 fully saturated rings. The first-order valence-corrected chi connectivity index (χ1v) is 6.21. The van der Waals surface area contributed by atoms with Gasteiger partial charge >= 0.3 is 5.97 Å². The summed E-state index contributed by atoms with van der Waals surface area (Å²) in [6.07, 6.45) is 1.94. The van der Waals surface area contributed by atoms with E-state index in [9.17, 15) is 4.79 Å². The number of halogens is 1. The Morgan fingerprint density at radius 3 is 2.69 bits per heavy atom. The first kappa shape index (κ1) is 11.4. The van der Waals surface area contributed by atoms with Gasteiger partial charge < -0.3 is 9.67 Å². The lowest BCUT2D eigenvalue weighted by molar-refractivity contribution is 0.0687. The van der Waals surface area contributed by atoms with Crippen molar-refractivity contribution in [1.29, 1.82) is 0 Å². The lowest BCUT2D eigenvalue weighted by Gasteiger charge is -2.03. The molecule has 0 aliphatic carbocycles. The maximum absolute atomic E-state index is 11.0. The molecule has 1 aromatic heterocycles. The number of benzene rings is 1. The molecule has 0 amide bonds. The van der Waals surface area contributed by atoms with Crippen LogP contribution in [0.3, 0.4) is 0 Å². The monoisotopic (exact) mass is 255 g/mol. The van der Waals surface area contributed by atoms with Gasteiger partial charge in [-0.15, -0.1) is 11.8 Å². The van der Waals surface area contributed by atoms with E-state index < -0.39 is 5.97 Å². The third-order valence-corrected chi connectivity index (χ3v) is 3.74. The van der Waals surface area contributed by atoms with Crippen LogP contribution >= 0.6 is 23.4 Å². The zero-order chi connectivity index (χ0) is 11.9. The first-order chi connectivity index (χ1) is 7.54. The Hall–Kier alpha value is -1.13. The Morgan fingerprint density at radius 1 is 1.44 bits per heavy atom. The molecule has 0 unspecified atom stereocenters. The summed E-state index contributed by atoms with van der Waals surface area (Å²) in [5.41, 5.74) is 1.10. The number of aryl methyl sites for hydroxylation is 1. The quantitative estimate of drug-likeness (QED) is 0.838. The van der Waals surface area contributed by atoms with Crippen LogP contribution in [-0.2, 0) is 7.05 Å². The van der Waals surface area contributed by atoms with Crippen molar-refractivity contribution < 1.29 is 9.90 Å². The molecule has 0 atom stereocenters. The fraction of sp³-hybridized carbons (Fsp3) is 0.182. The molecule has 0 aliphatic rings. The van der Waals surface area contributed by atoms with Gasteiger partial charge in [0.2, 0.25) is 0 Å². The molecule has 2 aromatic rings. The normalized spacial score (nSPS) is 10.9. The minimum atomic E-state index is -0.930. The predicted molar refractivity (Wildman–Crippen MR) is 66.7 cm³/mol. The van der Waals surface area contributed by atoms with Crippen molar-refractivity contribution in [3.63, 3.8) is 0 Å². The zero-order valence-electron chi connectivity index (χ0n) is 8.82. The van der Waals surface area contributed by atoms with E-state index in [1.165, 1.54) is 0 Å². The highest BCUT2D eigenvalue weighted by Gasteiger charge is 2.13. The van der Waals surface area contributed by atoms with E-state index in [4.69, 9.17) is 16.7 Å². The Kier molecular flexibility index (Phi) is 2.86. The number of fused-ring (bicyclic) bond motifs is 1. The zero-order valence-corrected chi connectivity index (χ0v) is 10.4. The predicted octanol–water partition coefficient (Wildman–Crippen LogP) is 3.25. The second kappa shape index (κ2) is 4.03. The van der Waals surface area contributed by atoms with Crippen molar-refractivity contribution in [3.8, 4) is 0 Å². The molecular weight excluding hydrogens is 246 g/mol. The van der Waals surface area contributed by atoms with Gasteiger partial charge in [0.05, 0.1) is 5.02 Å². The van der Waals surface area contributed by atoms with Crippen molar-refractivity contribution in [2.45, 2.75) is 4.90 Å². The number of aromatic nitrogens is 1. The van der Waals surface area contributed by atoms with Gasteiger partial charge in [0.1, 0.15) is 5.69 Å². The van der Waals surface area contributed by atoms with Gasteiger partial charge in [0.25, 0.3) is 0 Å². The summed E-state index contributed by atoms with van der Waals surface area (Å²) in [6, 6.07) is 5.37.